The van der Waals surface area contributed by atoms with Crippen LogP contribution in [0.25, 0.3) is 0 Å². The molecule has 1 heteroatoms. The van der Waals surface area contributed by atoms with Crippen molar-refractivity contribution in [2.45, 2.75) is 49.3 Å². The first-order valence-corrected chi connectivity index (χ1v) is 7.23. The second kappa shape index (κ2) is 3.19. The summed E-state index contributed by atoms with van der Waals surface area (Å²) in [6.07, 6.45) is 8.96. The SMILES string of the molecule is BC12CC3CC(C1)CC(c1ccccc1)(C3)C2. The fourth-order valence-electron chi connectivity index (χ4n) is 5.85. The van der Waals surface area contributed by atoms with Crippen molar-refractivity contribution in [1.29, 1.82) is 0 Å². The van der Waals surface area contributed by atoms with Gasteiger partial charge in [0.05, 0.1) is 0 Å². The Bertz CT molecular complexity index is 422. The van der Waals surface area contributed by atoms with Gasteiger partial charge in [-0.25, -0.2) is 0 Å². The Kier molecular flexibility index (Phi) is 1.92. The first-order chi connectivity index (χ1) is 8.18. The van der Waals surface area contributed by atoms with Gasteiger partial charge in [-0.05, 0) is 48.5 Å². The van der Waals surface area contributed by atoms with E-state index in [0.717, 1.165) is 11.8 Å². The Labute approximate surface area is 105 Å². The van der Waals surface area contributed by atoms with Crippen molar-refractivity contribution >= 4 is 7.85 Å². The van der Waals surface area contributed by atoms with Crippen molar-refractivity contribution in [3.8, 4) is 0 Å². The van der Waals surface area contributed by atoms with Crippen molar-refractivity contribution in [3.05, 3.63) is 35.9 Å². The molecule has 1 aromatic rings. The summed E-state index contributed by atoms with van der Waals surface area (Å²) in [4.78, 5) is 0. The monoisotopic (exact) mass is 224 g/mol. The second-order valence-corrected chi connectivity index (χ2v) is 7.42. The highest BCUT2D eigenvalue weighted by atomic mass is 14.6. The molecule has 1 aromatic carbocycles. The van der Waals surface area contributed by atoms with Crippen molar-refractivity contribution in [2.24, 2.45) is 11.8 Å². The van der Waals surface area contributed by atoms with E-state index in [-0.39, 0.29) is 0 Å². The molecule has 0 heterocycles. The van der Waals surface area contributed by atoms with Gasteiger partial charge in [0.2, 0.25) is 0 Å². The lowest BCUT2D eigenvalue weighted by atomic mass is 9.38. The lowest BCUT2D eigenvalue weighted by Crippen LogP contribution is -2.51. The summed E-state index contributed by atoms with van der Waals surface area (Å²) < 4.78 is 0. The highest BCUT2D eigenvalue weighted by Crippen LogP contribution is 2.67. The van der Waals surface area contributed by atoms with Crippen LogP contribution in [0.1, 0.15) is 44.1 Å². The third kappa shape index (κ3) is 1.44. The van der Waals surface area contributed by atoms with Crippen LogP contribution >= 0.6 is 0 Å². The van der Waals surface area contributed by atoms with E-state index >= 15 is 0 Å². The van der Waals surface area contributed by atoms with E-state index in [1.807, 2.05) is 0 Å². The van der Waals surface area contributed by atoms with Gasteiger partial charge in [-0.3, -0.25) is 0 Å². The number of benzene rings is 1. The minimum absolute atomic E-state index is 0.556. The van der Waals surface area contributed by atoms with Crippen LogP contribution in [0.4, 0.5) is 0 Å². The van der Waals surface area contributed by atoms with Crippen LogP contribution in [0.15, 0.2) is 30.3 Å². The minimum Gasteiger partial charge on any atom is -0.0622 e. The minimum atomic E-state index is 0.556. The fourth-order valence-corrected chi connectivity index (χ4v) is 5.85. The number of hydrogen-bond donors (Lipinski definition) is 0. The molecular weight excluding hydrogens is 203 g/mol. The van der Waals surface area contributed by atoms with Crippen LogP contribution < -0.4 is 0 Å². The summed E-state index contributed by atoms with van der Waals surface area (Å²) in [5.74, 6) is 2.06. The van der Waals surface area contributed by atoms with Gasteiger partial charge >= 0.3 is 0 Å². The lowest BCUT2D eigenvalue weighted by Gasteiger charge is -2.62. The summed E-state index contributed by atoms with van der Waals surface area (Å²) in [6.45, 7) is 0. The van der Waals surface area contributed by atoms with Crippen molar-refractivity contribution in [2.75, 3.05) is 0 Å². The zero-order valence-corrected chi connectivity index (χ0v) is 10.8. The molecule has 4 aliphatic carbocycles. The topological polar surface area (TPSA) is 0 Å². The Morgan fingerprint density at radius 1 is 0.941 bits per heavy atom. The molecule has 0 spiro atoms. The van der Waals surface area contributed by atoms with Crippen LogP contribution in [-0.2, 0) is 5.41 Å². The summed E-state index contributed by atoms with van der Waals surface area (Å²) in [7, 11) is 2.56. The molecule has 0 N–H and O–H groups in total. The van der Waals surface area contributed by atoms with E-state index in [9.17, 15) is 0 Å². The summed E-state index contributed by atoms with van der Waals surface area (Å²) in [6, 6.07) is 11.4. The van der Waals surface area contributed by atoms with E-state index in [0.29, 0.717) is 10.7 Å². The van der Waals surface area contributed by atoms with Gasteiger partial charge < -0.3 is 0 Å². The van der Waals surface area contributed by atoms with Gasteiger partial charge in [0.25, 0.3) is 0 Å². The molecule has 0 radical (unpaired) electrons. The van der Waals surface area contributed by atoms with E-state index in [1.54, 1.807) is 5.56 Å². The second-order valence-electron chi connectivity index (χ2n) is 7.42. The third-order valence-electron chi connectivity index (χ3n) is 5.74. The van der Waals surface area contributed by atoms with Crippen molar-refractivity contribution in [1.82, 2.24) is 0 Å². The van der Waals surface area contributed by atoms with Crippen LogP contribution in [0, 0.1) is 11.8 Å². The highest BCUT2D eigenvalue weighted by Gasteiger charge is 2.55. The average molecular weight is 224 g/mol. The maximum Gasteiger partial charge on any atom is 0.109 e. The quantitative estimate of drug-likeness (QED) is 0.642. The normalized spacial score (nSPS) is 47.3. The number of rotatable bonds is 1. The molecule has 17 heavy (non-hydrogen) atoms. The molecule has 0 amide bonds. The zero-order valence-electron chi connectivity index (χ0n) is 10.8. The molecule has 0 aliphatic heterocycles. The average Bonchev–Trinajstić information content (AvgIpc) is 2.27. The molecule has 2 atom stereocenters. The van der Waals surface area contributed by atoms with Crippen LogP contribution in [0.3, 0.4) is 0 Å². The predicted molar refractivity (Wildman–Crippen MR) is 74.0 cm³/mol. The van der Waals surface area contributed by atoms with Crippen LogP contribution in [0.5, 0.6) is 0 Å². The Hall–Kier alpha value is -0.715. The Morgan fingerprint density at radius 3 is 2.18 bits per heavy atom. The highest BCUT2D eigenvalue weighted by molar-refractivity contribution is 6.15. The van der Waals surface area contributed by atoms with Gasteiger partial charge in [-0.2, -0.15) is 0 Å². The van der Waals surface area contributed by atoms with E-state index in [2.05, 4.69) is 38.2 Å². The predicted octanol–water partition coefficient (Wildman–Crippen LogP) is 3.33. The molecule has 88 valence electrons. The first kappa shape index (κ1) is 10.2. The number of hydrogen-bond acceptors (Lipinski definition) is 0. The van der Waals surface area contributed by atoms with Gasteiger partial charge in [-0.1, -0.05) is 48.5 Å². The van der Waals surface area contributed by atoms with Crippen LogP contribution in [0.2, 0.25) is 5.31 Å². The van der Waals surface area contributed by atoms with E-state index in [1.165, 1.54) is 38.5 Å². The first-order valence-electron chi connectivity index (χ1n) is 7.23. The lowest BCUT2D eigenvalue weighted by molar-refractivity contribution is 0.00465. The summed E-state index contributed by atoms with van der Waals surface area (Å²) >= 11 is 0. The van der Waals surface area contributed by atoms with Crippen LogP contribution in [-0.4, -0.2) is 7.85 Å². The van der Waals surface area contributed by atoms with Gasteiger partial charge in [-0.15, -0.1) is 0 Å². The fraction of sp³-hybridized carbons (Fsp3) is 0.625. The van der Waals surface area contributed by atoms with Gasteiger partial charge in [0.15, 0.2) is 0 Å². The molecule has 0 saturated heterocycles. The molecule has 4 saturated carbocycles. The molecule has 4 fully saturated rings. The van der Waals surface area contributed by atoms with Crippen molar-refractivity contribution < 1.29 is 0 Å². The molecule has 4 bridgehead atoms. The van der Waals surface area contributed by atoms with E-state index < -0.39 is 0 Å². The molecule has 0 nitrogen and oxygen atoms in total. The standard InChI is InChI=1S/C16H21B/c17-16-9-12-6-13(10-16)8-15(7-12,11-16)14-4-2-1-3-5-14/h1-5,12-13H,6-11,17H2. The maximum atomic E-state index is 2.56. The molecule has 0 aromatic heterocycles. The Balaban J connectivity index is 1.79. The maximum absolute atomic E-state index is 2.56. The zero-order chi connectivity index (χ0) is 11.5. The van der Waals surface area contributed by atoms with Crippen molar-refractivity contribution in [3.63, 3.8) is 0 Å². The molecule has 5 rings (SSSR count). The molecule has 4 aliphatic rings. The van der Waals surface area contributed by atoms with E-state index in [4.69, 9.17) is 0 Å². The Morgan fingerprint density at radius 2 is 1.59 bits per heavy atom. The molecular formula is C16H21B. The largest absolute Gasteiger partial charge is 0.109 e. The summed E-state index contributed by atoms with van der Waals surface area (Å²) in [5, 5.41) is 0.667. The molecule has 2 unspecified atom stereocenters. The van der Waals surface area contributed by atoms with Gasteiger partial charge in [0, 0.05) is 0 Å². The third-order valence-corrected chi connectivity index (χ3v) is 5.74. The smallest absolute Gasteiger partial charge is 0.0622 e. The summed E-state index contributed by atoms with van der Waals surface area (Å²) in [5.41, 5.74) is 2.19. The van der Waals surface area contributed by atoms with Gasteiger partial charge in [0.1, 0.15) is 7.85 Å².